The number of carbonyl (C=O) groups is 1. The summed E-state index contributed by atoms with van der Waals surface area (Å²) in [6.45, 7) is 2.08. The Bertz CT molecular complexity index is 1830. The number of rotatable bonds is 8. The van der Waals surface area contributed by atoms with Crippen LogP contribution in [-0.2, 0) is 16.1 Å². The number of hydrogen-bond donors (Lipinski definition) is 0. The van der Waals surface area contributed by atoms with Crippen molar-refractivity contribution in [2.24, 2.45) is 4.99 Å². The molecule has 0 unspecified atom stereocenters. The first-order valence-electron chi connectivity index (χ1n) is 12.8. The molecule has 2 heterocycles. The van der Waals surface area contributed by atoms with Crippen LogP contribution in [0.1, 0.15) is 36.1 Å². The van der Waals surface area contributed by atoms with E-state index in [4.69, 9.17) is 42.4 Å². The normalized spacial score (nSPS) is 14.9. The van der Waals surface area contributed by atoms with Crippen LogP contribution < -0.4 is 24.4 Å². The molecule has 3 aromatic carbocycles. The van der Waals surface area contributed by atoms with E-state index in [0.29, 0.717) is 54.1 Å². The van der Waals surface area contributed by atoms with Crippen molar-refractivity contribution in [1.29, 1.82) is 0 Å². The third-order valence-electron chi connectivity index (χ3n) is 6.67. The number of hydrogen-bond acceptors (Lipinski definition) is 7. The van der Waals surface area contributed by atoms with Crippen molar-refractivity contribution in [3.8, 4) is 11.5 Å². The van der Waals surface area contributed by atoms with Gasteiger partial charge in [0.2, 0.25) is 0 Å². The molecule has 0 N–H and O–H groups in total. The maximum Gasteiger partial charge on any atom is 0.338 e. The molecule has 0 radical (unpaired) electrons. The lowest BCUT2D eigenvalue weighted by atomic mass is 9.95. The van der Waals surface area contributed by atoms with Gasteiger partial charge in [0.05, 0.1) is 36.1 Å². The summed E-state index contributed by atoms with van der Waals surface area (Å²) < 4.78 is 18.9. The number of halogens is 2. The number of aromatic nitrogens is 1. The molecule has 1 aliphatic rings. The number of thiazole rings is 1. The van der Waals surface area contributed by atoms with Crippen molar-refractivity contribution < 1.29 is 19.0 Å². The van der Waals surface area contributed by atoms with Gasteiger partial charge in [-0.2, -0.15) is 0 Å². The number of nitrogens with zero attached hydrogens (tertiary/aromatic N) is 2. The second-order valence-electron chi connectivity index (χ2n) is 9.10. The van der Waals surface area contributed by atoms with E-state index in [2.05, 4.69) is 0 Å². The van der Waals surface area contributed by atoms with Crippen molar-refractivity contribution in [1.82, 2.24) is 4.57 Å². The van der Waals surface area contributed by atoms with Gasteiger partial charge < -0.3 is 14.2 Å². The Kier molecular flexibility index (Phi) is 8.63. The van der Waals surface area contributed by atoms with E-state index in [1.807, 2.05) is 49.4 Å². The van der Waals surface area contributed by atoms with Gasteiger partial charge in [-0.25, -0.2) is 9.79 Å². The minimum absolute atomic E-state index is 0.162. The van der Waals surface area contributed by atoms with Crippen LogP contribution in [0.15, 0.2) is 87.8 Å². The van der Waals surface area contributed by atoms with Crippen molar-refractivity contribution in [3.63, 3.8) is 0 Å². The van der Waals surface area contributed by atoms with Crippen LogP contribution in [0.4, 0.5) is 0 Å². The van der Waals surface area contributed by atoms with E-state index >= 15 is 0 Å². The Labute approximate surface area is 250 Å². The molecule has 1 atom stereocenters. The van der Waals surface area contributed by atoms with E-state index in [-0.39, 0.29) is 12.2 Å². The zero-order valence-electron chi connectivity index (χ0n) is 22.5. The second-order valence-corrected chi connectivity index (χ2v) is 11.0. The fourth-order valence-corrected chi connectivity index (χ4v) is 6.18. The molecule has 0 amide bonds. The predicted octanol–water partition coefficient (Wildman–Crippen LogP) is 5.69. The topological polar surface area (TPSA) is 79.1 Å². The first kappa shape index (κ1) is 28.7. The lowest BCUT2D eigenvalue weighted by molar-refractivity contribution is -0.136. The Morgan fingerprint density at radius 3 is 2.54 bits per heavy atom. The van der Waals surface area contributed by atoms with Crippen LogP contribution in [-0.4, -0.2) is 24.8 Å². The number of ether oxygens (including phenoxy) is 3. The Morgan fingerprint density at radius 1 is 1.07 bits per heavy atom. The van der Waals surface area contributed by atoms with Gasteiger partial charge in [0.1, 0.15) is 6.61 Å². The SMILES string of the molecule is CCC1=C(C(=O)OC)[C@H](c2ccccc2)n2c(s/c(=C/c3cccc(OC)c3OCc3ccc(Cl)cc3Cl)c2=O)=N1. The summed E-state index contributed by atoms with van der Waals surface area (Å²) >= 11 is 13.6. The van der Waals surface area contributed by atoms with Crippen LogP contribution in [0.3, 0.4) is 0 Å². The van der Waals surface area contributed by atoms with Crippen LogP contribution in [0.2, 0.25) is 10.0 Å². The van der Waals surface area contributed by atoms with Crippen molar-refractivity contribution in [3.05, 3.63) is 124 Å². The first-order valence-corrected chi connectivity index (χ1v) is 14.3. The molecule has 7 nitrogen and oxygen atoms in total. The van der Waals surface area contributed by atoms with Gasteiger partial charge in [0.15, 0.2) is 16.3 Å². The highest BCUT2D eigenvalue weighted by molar-refractivity contribution is 7.07. The molecule has 0 saturated heterocycles. The van der Waals surface area contributed by atoms with Gasteiger partial charge in [-0.15, -0.1) is 0 Å². The lowest BCUT2D eigenvalue weighted by Gasteiger charge is -2.25. The van der Waals surface area contributed by atoms with Gasteiger partial charge in [-0.1, -0.05) is 90.0 Å². The quantitative estimate of drug-likeness (QED) is 0.240. The number of methoxy groups -OCH3 is 2. The van der Waals surface area contributed by atoms with Gasteiger partial charge in [0, 0.05) is 21.2 Å². The summed E-state index contributed by atoms with van der Waals surface area (Å²) in [7, 11) is 2.88. The average molecular weight is 610 g/mol. The number of para-hydroxylation sites is 1. The number of allylic oxidation sites excluding steroid dienone is 1. The molecule has 5 rings (SSSR count). The summed E-state index contributed by atoms with van der Waals surface area (Å²) in [5, 5.41) is 1.01. The highest BCUT2D eigenvalue weighted by Gasteiger charge is 2.33. The molecule has 210 valence electrons. The van der Waals surface area contributed by atoms with Crippen LogP contribution >= 0.6 is 34.5 Å². The van der Waals surface area contributed by atoms with Gasteiger partial charge in [0.25, 0.3) is 5.56 Å². The molecule has 0 spiro atoms. The second kappa shape index (κ2) is 12.3. The summed E-state index contributed by atoms with van der Waals surface area (Å²) in [4.78, 5) is 32.2. The molecule has 0 aliphatic carbocycles. The smallest absolute Gasteiger partial charge is 0.338 e. The van der Waals surface area contributed by atoms with Crippen molar-refractivity contribution in [2.75, 3.05) is 14.2 Å². The Balaban J connectivity index is 1.65. The average Bonchev–Trinajstić information content (AvgIpc) is 3.30. The minimum atomic E-state index is -0.676. The van der Waals surface area contributed by atoms with Crippen LogP contribution in [0.25, 0.3) is 6.08 Å². The molecule has 41 heavy (non-hydrogen) atoms. The van der Waals surface area contributed by atoms with Crippen LogP contribution in [0.5, 0.6) is 11.5 Å². The summed E-state index contributed by atoms with van der Waals surface area (Å²) in [5.41, 5.74) is 2.82. The summed E-state index contributed by atoms with van der Waals surface area (Å²) in [5.74, 6) is 0.439. The van der Waals surface area contributed by atoms with E-state index in [0.717, 1.165) is 11.1 Å². The maximum absolute atomic E-state index is 14.0. The third-order valence-corrected chi connectivity index (χ3v) is 8.24. The Hall–Kier alpha value is -3.85. The summed E-state index contributed by atoms with van der Waals surface area (Å²) in [6.07, 6.45) is 2.25. The highest BCUT2D eigenvalue weighted by Crippen LogP contribution is 2.34. The third kappa shape index (κ3) is 5.68. The fraction of sp³-hybridized carbons (Fsp3) is 0.194. The molecule has 0 saturated carbocycles. The number of carbonyl (C=O) groups excluding carboxylic acids is 1. The molecule has 1 aliphatic heterocycles. The minimum Gasteiger partial charge on any atom is -0.493 e. The molecule has 10 heteroatoms. The van der Waals surface area contributed by atoms with Crippen molar-refractivity contribution in [2.45, 2.75) is 26.0 Å². The number of benzene rings is 3. The predicted molar refractivity (Wildman–Crippen MR) is 161 cm³/mol. The van der Waals surface area contributed by atoms with E-state index in [9.17, 15) is 9.59 Å². The monoisotopic (exact) mass is 608 g/mol. The number of fused-ring (bicyclic) bond motifs is 1. The lowest BCUT2D eigenvalue weighted by Crippen LogP contribution is -2.40. The molecule has 0 bridgehead atoms. The largest absolute Gasteiger partial charge is 0.493 e. The van der Waals surface area contributed by atoms with E-state index in [1.54, 1.807) is 42.0 Å². The van der Waals surface area contributed by atoms with Crippen LogP contribution in [0, 0.1) is 0 Å². The number of esters is 1. The highest BCUT2D eigenvalue weighted by atomic mass is 35.5. The first-order chi connectivity index (χ1) is 19.9. The molecular weight excluding hydrogens is 583 g/mol. The summed E-state index contributed by atoms with van der Waals surface area (Å²) in [6, 6.07) is 19.4. The van der Waals surface area contributed by atoms with E-state index < -0.39 is 12.0 Å². The fourth-order valence-electron chi connectivity index (χ4n) is 4.71. The zero-order valence-corrected chi connectivity index (χ0v) is 24.8. The standard InChI is InChI=1S/C31H26Cl2N2O5S/c1-4-23-26(30(37)39-3)27(18-9-6-5-7-10-18)35-29(36)25(41-31(35)34-23)15-19-11-8-12-24(38-2)28(19)40-17-20-13-14-21(32)16-22(20)33/h5-16,27H,4,17H2,1-3H3/b25-15+/t27-/m0/s1. The Morgan fingerprint density at radius 2 is 1.85 bits per heavy atom. The van der Waals surface area contributed by atoms with Gasteiger partial charge in [-0.05, 0) is 36.3 Å². The molecule has 0 fully saturated rings. The maximum atomic E-state index is 14.0. The van der Waals surface area contributed by atoms with Gasteiger partial charge in [-0.3, -0.25) is 9.36 Å². The van der Waals surface area contributed by atoms with Gasteiger partial charge >= 0.3 is 5.97 Å². The van der Waals surface area contributed by atoms with E-state index in [1.165, 1.54) is 18.4 Å². The molecular formula is C31H26Cl2N2O5S. The zero-order chi connectivity index (χ0) is 29.1. The van der Waals surface area contributed by atoms with Crippen molar-refractivity contribution >= 4 is 46.6 Å². The molecule has 1 aromatic heterocycles. The molecule has 4 aromatic rings.